The number of benzene rings is 1. The number of aromatic nitrogens is 2. The van der Waals surface area contributed by atoms with Gasteiger partial charge in [-0.2, -0.15) is 4.98 Å². The molecule has 0 saturated heterocycles. The van der Waals surface area contributed by atoms with E-state index in [0.717, 1.165) is 6.42 Å². The van der Waals surface area contributed by atoms with Crippen LogP contribution in [-0.4, -0.2) is 22.4 Å². The molecule has 5 nitrogen and oxygen atoms in total. The maximum atomic E-state index is 9.99. The third-order valence-electron chi connectivity index (χ3n) is 3.09. The van der Waals surface area contributed by atoms with Gasteiger partial charge in [0.2, 0.25) is 0 Å². The summed E-state index contributed by atoms with van der Waals surface area (Å²) in [6, 6.07) is 5.19. The molecule has 1 heterocycles. The Morgan fingerprint density at radius 2 is 2.28 bits per heavy atom. The van der Waals surface area contributed by atoms with Crippen molar-refractivity contribution >= 4 is 0 Å². The van der Waals surface area contributed by atoms with Gasteiger partial charge in [0.25, 0.3) is 5.89 Å². The van der Waals surface area contributed by atoms with Crippen LogP contribution in [0.25, 0.3) is 11.5 Å². The number of hydrogen-bond donors (Lipinski definition) is 1. The molecule has 0 atom stereocenters. The Hall–Kier alpha value is -2.04. The summed E-state index contributed by atoms with van der Waals surface area (Å²) >= 11 is 0. The van der Waals surface area contributed by atoms with Crippen LogP contribution in [0.4, 0.5) is 0 Å². The predicted molar refractivity (Wildman–Crippen MR) is 64.4 cm³/mol. The van der Waals surface area contributed by atoms with Crippen LogP contribution in [0.5, 0.6) is 11.5 Å². The van der Waals surface area contributed by atoms with Gasteiger partial charge in [-0.1, -0.05) is 11.2 Å². The van der Waals surface area contributed by atoms with E-state index in [2.05, 4.69) is 10.1 Å². The van der Waals surface area contributed by atoms with Crippen molar-refractivity contribution in [3.05, 3.63) is 24.0 Å². The molecule has 1 aliphatic rings. The zero-order valence-electron chi connectivity index (χ0n) is 10.1. The number of hydrogen-bond acceptors (Lipinski definition) is 5. The number of rotatable bonds is 4. The molecule has 0 amide bonds. The first-order chi connectivity index (χ1) is 8.78. The van der Waals surface area contributed by atoms with Crippen molar-refractivity contribution < 1.29 is 14.4 Å². The zero-order chi connectivity index (χ0) is 12.5. The van der Waals surface area contributed by atoms with Crippen LogP contribution in [0.2, 0.25) is 0 Å². The predicted octanol–water partition coefficient (Wildman–Crippen LogP) is 2.40. The lowest BCUT2D eigenvalue weighted by atomic mass is 10.2. The SMILES string of the molecule is COc1cccc(-c2nc(CC3CC3)no2)c1O. The van der Waals surface area contributed by atoms with E-state index in [1.54, 1.807) is 18.2 Å². The number of phenols is 1. The van der Waals surface area contributed by atoms with E-state index in [9.17, 15) is 5.11 Å². The van der Waals surface area contributed by atoms with Gasteiger partial charge in [0.05, 0.1) is 12.7 Å². The fourth-order valence-electron chi connectivity index (χ4n) is 1.89. The lowest BCUT2D eigenvalue weighted by Crippen LogP contribution is -1.90. The van der Waals surface area contributed by atoms with E-state index in [0.29, 0.717) is 28.9 Å². The van der Waals surface area contributed by atoms with E-state index >= 15 is 0 Å². The average molecular weight is 246 g/mol. The molecular weight excluding hydrogens is 232 g/mol. The summed E-state index contributed by atoms with van der Waals surface area (Å²) in [5.41, 5.74) is 0.504. The summed E-state index contributed by atoms with van der Waals surface area (Å²) in [5.74, 6) is 2.17. The highest BCUT2D eigenvalue weighted by atomic mass is 16.5. The second-order valence-electron chi connectivity index (χ2n) is 4.52. The Balaban J connectivity index is 1.91. The molecule has 1 N–H and O–H groups in total. The lowest BCUT2D eigenvalue weighted by Gasteiger charge is -2.04. The molecule has 1 aliphatic carbocycles. The molecule has 0 unspecified atom stereocenters. The van der Waals surface area contributed by atoms with E-state index in [1.165, 1.54) is 20.0 Å². The Morgan fingerprint density at radius 1 is 1.44 bits per heavy atom. The molecule has 0 radical (unpaired) electrons. The second kappa shape index (κ2) is 4.33. The average Bonchev–Trinajstić information content (AvgIpc) is 3.06. The lowest BCUT2D eigenvalue weighted by molar-refractivity contribution is 0.371. The Labute approximate surface area is 104 Å². The Morgan fingerprint density at radius 3 is 3.00 bits per heavy atom. The maximum Gasteiger partial charge on any atom is 0.261 e. The molecule has 1 aromatic heterocycles. The van der Waals surface area contributed by atoms with Crippen LogP contribution >= 0.6 is 0 Å². The molecular formula is C13H14N2O3. The zero-order valence-corrected chi connectivity index (χ0v) is 10.1. The van der Waals surface area contributed by atoms with Crippen molar-refractivity contribution in [1.29, 1.82) is 0 Å². The summed E-state index contributed by atoms with van der Waals surface area (Å²) in [6.07, 6.45) is 3.34. The first-order valence-corrected chi connectivity index (χ1v) is 5.97. The summed E-state index contributed by atoms with van der Waals surface area (Å²) in [5, 5.41) is 13.9. The number of aromatic hydroxyl groups is 1. The fourth-order valence-corrected chi connectivity index (χ4v) is 1.89. The third kappa shape index (κ3) is 2.03. The standard InChI is InChI=1S/C13H14N2O3/c1-17-10-4-2-3-9(12(10)16)13-14-11(15-18-13)7-8-5-6-8/h2-4,8,16H,5-7H2,1H3. The van der Waals surface area contributed by atoms with Gasteiger partial charge in [-0.05, 0) is 30.9 Å². The van der Waals surface area contributed by atoms with Gasteiger partial charge in [0.1, 0.15) is 0 Å². The van der Waals surface area contributed by atoms with Crippen LogP contribution in [0.3, 0.4) is 0 Å². The molecule has 3 rings (SSSR count). The minimum atomic E-state index is 0.0293. The van der Waals surface area contributed by atoms with Crippen LogP contribution in [0, 0.1) is 5.92 Å². The highest BCUT2D eigenvalue weighted by Crippen LogP contribution is 2.37. The summed E-state index contributed by atoms with van der Waals surface area (Å²) < 4.78 is 10.2. The van der Waals surface area contributed by atoms with Gasteiger partial charge >= 0.3 is 0 Å². The normalized spacial score (nSPS) is 14.7. The first-order valence-electron chi connectivity index (χ1n) is 5.97. The van der Waals surface area contributed by atoms with Crippen molar-refractivity contribution in [3.8, 4) is 23.0 Å². The number of para-hydroxylation sites is 1. The van der Waals surface area contributed by atoms with Gasteiger partial charge in [0, 0.05) is 6.42 Å². The van der Waals surface area contributed by atoms with Gasteiger partial charge in [-0.25, -0.2) is 0 Å². The molecule has 0 bridgehead atoms. The Kier molecular flexibility index (Phi) is 2.66. The van der Waals surface area contributed by atoms with Gasteiger partial charge in [0.15, 0.2) is 17.3 Å². The van der Waals surface area contributed by atoms with Gasteiger partial charge in [-0.3, -0.25) is 0 Å². The van der Waals surface area contributed by atoms with E-state index in [4.69, 9.17) is 9.26 Å². The highest BCUT2D eigenvalue weighted by Gasteiger charge is 2.24. The van der Waals surface area contributed by atoms with Crippen molar-refractivity contribution in [3.63, 3.8) is 0 Å². The van der Waals surface area contributed by atoms with Crippen molar-refractivity contribution in [2.75, 3.05) is 7.11 Å². The number of nitrogens with zero attached hydrogens (tertiary/aromatic N) is 2. The minimum Gasteiger partial charge on any atom is -0.504 e. The largest absolute Gasteiger partial charge is 0.504 e. The molecule has 1 fully saturated rings. The Bertz CT molecular complexity index is 561. The third-order valence-corrected chi connectivity index (χ3v) is 3.09. The number of methoxy groups -OCH3 is 1. The molecule has 2 aromatic rings. The maximum absolute atomic E-state index is 9.99. The topological polar surface area (TPSA) is 68.4 Å². The van der Waals surface area contributed by atoms with Gasteiger partial charge < -0.3 is 14.4 Å². The minimum absolute atomic E-state index is 0.0293. The van der Waals surface area contributed by atoms with E-state index in [-0.39, 0.29) is 5.75 Å². The van der Waals surface area contributed by atoms with Gasteiger partial charge in [-0.15, -0.1) is 0 Å². The summed E-state index contributed by atoms with van der Waals surface area (Å²) in [6.45, 7) is 0. The molecule has 94 valence electrons. The fraction of sp³-hybridized carbons (Fsp3) is 0.385. The smallest absolute Gasteiger partial charge is 0.261 e. The molecule has 1 saturated carbocycles. The highest BCUT2D eigenvalue weighted by molar-refractivity contribution is 5.66. The monoisotopic (exact) mass is 246 g/mol. The summed E-state index contributed by atoms with van der Waals surface area (Å²) in [7, 11) is 1.51. The molecule has 1 aromatic carbocycles. The van der Waals surface area contributed by atoms with Crippen LogP contribution < -0.4 is 4.74 Å². The van der Waals surface area contributed by atoms with Crippen LogP contribution in [0.1, 0.15) is 18.7 Å². The molecule has 18 heavy (non-hydrogen) atoms. The quantitative estimate of drug-likeness (QED) is 0.897. The number of ether oxygens (including phenoxy) is 1. The van der Waals surface area contributed by atoms with Crippen molar-refractivity contribution in [1.82, 2.24) is 10.1 Å². The molecule has 5 heteroatoms. The van der Waals surface area contributed by atoms with Crippen molar-refractivity contribution in [2.24, 2.45) is 5.92 Å². The van der Waals surface area contributed by atoms with Crippen LogP contribution in [0.15, 0.2) is 22.7 Å². The van der Waals surface area contributed by atoms with E-state index < -0.39 is 0 Å². The molecule has 0 spiro atoms. The second-order valence-corrected chi connectivity index (χ2v) is 4.52. The first kappa shape index (κ1) is 11.1. The van der Waals surface area contributed by atoms with Crippen molar-refractivity contribution in [2.45, 2.75) is 19.3 Å². The summed E-state index contributed by atoms with van der Waals surface area (Å²) in [4.78, 5) is 4.30. The molecule has 0 aliphatic heterocycles. The van der Waals surface area contributed by atoms with Crippen LogP contribution in [-0.2, 0) is 6.42 Å². The van der Waals surface area contributed by atoms with E-state index in [1.807, 2.05) is 0 Å². The number of phenolic OH excluding ortho intramolecular Hbond substituents is 1.